The van der Waals surface area contributed by atoms with E-state index in [2.05, 4.69) is 53.7 Å². The zero-order valence-electron chi connectivity index (χ0n) is 26.7. The Morgan fingerprint density at radius 2 is 1.29 bits per heavy atom. The van der Waals surface area contributed by atoms with E-state index in [1.54, 1.807) is 13.8 Å². The second kappa shape index (κ2) is 31.9. The number of rotatable bonds is 10. The Morgan fingerprint density at radius 1 is 0.822 bits per heavy atom. The summed E-state index contributed by atoms with van der Waals surface area (Å²) in [6.45, 7) is 25.5. The van der Waals surface area contributed by atoms with Gasteiger partial charge in [-0.2, -0.15) is 0 Å². The molecule has 12 heteroatoms. The lowest BCUT2D eigenvalue weighted by Gasteiger charge is -1.99. The Balaban J connectivity index is -0.000000227. The molecule has 0 saturated carbocycles. The fourth-order valence-electron chi connectivity index (χ4n) is 1.51. The third-order valence-electron chi connectivity index (χ3n) is 3.96. The number of aliphatic carboxylic acids is 1. The molecule has 1 aliphatic rings. The maximum atomic E-state index is 10.7. The molecule has 0 aliphatic carbocycles. The lowest BCUT2D eigenvalue weighted by atomic mass is 10.2. The Bertz CT molecular complexity index is 1090. The lowest BCUT2D eigenvalue weighted by molar-refractivity contribution is -0.140. The zero-order chi connectivity index (χ0) is 35.8. The number of esters is 4. The molecule has 1 saturated heterocycles. The summed E-state index contributed by atoms with van der Waals surface area (Å²) in [4.78, 5) is 50.4. The minimum absolute atomic E-state index is 0.0465. The minimum Gasteiger partial charge on any atom is -0.478 e. The maximum absolute atomic E-state index is 10.7. The van der Waals surface area contributed by atoms with Crippen molar-refractivity contribution in [2.24, 2.45) is 0 Å². The van der Waals surface area contributed by atoms with Gasteiger partial charge in [0.2, 0.25) is 0 Å². The highest BCUT2D eigenvalue weighted by molar-refractivity contribution is 5.87. The molecule has 0 amide bonds. The summed E-state index contributed by atoms with van der Waals surface area (Å²) in [5.74, 6) is -2.51. The number of ether oxygens (including phenoxy) is 5. The number of epoxide rings is 1. The predicted molar refractivity (Wildman–Crippen MR) is 172 cm³/mol. The molecule has 1 atom stereocenters. The minimum atomic E-state index is -0.935. The molecule has 12 nitrogen and oxygen atoms in total. The topological polar surface area (TPSA) is 175 Å². The standard InChI is InChI=1S/C8H8.C7H10O3.C5H8O3.C5H8O2.2C4H6O2/c1-2-8-6-4-3-5-7-8;1-5(2)7(8)10-4-6-3-9-6;1-2-5(7)8-4-3-6;1-4(2)5(6)7-3;1-3-4(5)6-2;1-3(2)4(5)6/h2-7H,1H2;6H,1,3-4H2,2H3;2,6H,1,3-4H2;1H2,2-3H3;3H,1H2,2H3;1H2,2H3,(H,5,6). The van der Waals surface area contributed by atoms with E-state index in [1.165, 1.54) is 26.7 Å². The van der Waals surface area contributed by atoms with Gasteiger partial charge in [-0.05, 0) is 26.3 Å². The molecule has 0 aromatic heterocycles. The smallest absolute Gasteiger partial charge is 0.333 e. The van der Waals surface area contributed by atoms with Gasteiger partial charge in [-0.25, -0.2) is 24.0 Å². The first kappa shape index (κ1) is 46.9. The number of hydrogen-bond donors (Lipinski definition) is 2. The van der Waals surface area contributed by atoms with Crippen molar-refractivity contribution in [3.63, 3.8) is 0 Å². The Labute approximate surface area is 265 Å². The third-order valence-corrected chi connectivity index (χ3v) is 3.96. The van der Waals surface area contributed by atoms with Gasteiger partial charge in [0.1, 0.15) is 19.3 Å². The summed E-state index contributed by atoms with van der Waals surface area (Å²) >= 11 is 0. The predicted octanol–water partition coefficient (Wildman–Crippen LogP) is 4.27. The van der Waals surface area contributed by atoms with Crippen LogP contribution in [0.1, 0.15) is 26.3 Å². The SMILES string of the molecule is C=C(C)C(=O)O.C=C(C)C(=O)OC.C=C(C)C(=O)OCC1CO1.C=CC(=O)OC.C=CC(=O)OCCO.C=Cc1ccccc1. The Hall–Kier alpha value is -5.07. The van der Waals surface area contributed by atoms with Crippen molar-refractivity contribution >= 4 is 35.9 Å². The number of carboxylic acids is 1. The highest BCUT2D eigenvalue weighted by atomic mass is 16.6. The largest absolute Gasteiger partial charge is 0.478 e. The van der Waals surface area contributed by atoms with Crippen LogP contribution in [0, 0.1) is 0 Å². The molecule has 1 heterocycles. The van der Waals surface area contributed by atoms with Crippen LogP contribution in [0.5, 0.6) is 0 Å². The van der Waals surface area contributed by atoms with Gasteiger partial charge in [-0.1, -0.05) is 75.9 Å². The summed E-state index contributed by atoms with van der Waals surface area (Å²) in [5, 5.41) is 16.0. The van der Waals surface area contributed by atoms with Gasteiger partial charge in [0.05, 0.1) is 27.4 Å². The van der Waals surface area contributed by atoms with Gasteiger partial charge < -0.3 is 33.9 Å². The van der Waals surface area contributed by atoms with Crippen LogP contribution in [0.2, 0.25) is 0 Å². The molecule has 2 N–H and O–H groups in total. The van der Waals surface area contributed by atoms with Gasteiger partial charge in [0.25, 0.3) is 0 Å². The van der Waals surface area contributed by atoms with E-state index in [1.807, 2.05) is 36.4 Å². The zero-order valence-corrected chi connectivity index (χ0v) is 26.7. The fourth-order valence-corrected chi connectivity index (χ4v) is 1.51. The maximum Gasteiger partial charge on any atom is 0.333 e. The van der Waals surface area contributed by atoms with Crippen LogP contribution in [-0.2, 0) is 47.7 Å². The molecule has 0 spiro atoms. The summed E-state index contributed by atoms with van der Waals surface area (Å²) in [5.41, 5.74) is 2.21. The molecule has 45 heavy (non-hydrogen) atoms. The average Bonchev–Trinajstić information content (AvgIpc) is 3.88. The van der Waals surface area contributed by atoms with Crippen LogP contribution in [0.3, 0.4) is 0 Å². The Kier molecular flexibility index (Phi) is 33.2. The van der Waals surface area contributed by atoms with Crippen LogP contribution in [0.25, 0.3) is 6.08 Å². The molecule has 2 rings (SSSR count). The molecule has 1 aromatic carbocycles. The molecule has 250 valence electrons. The first-order chi connectivity index (χ1) is 21.1. The van der Waals surface area contributed by atoms with E-state index >= 15 is 0 Å². The molecular weight excluding hydrogens is 588 g/mol. The average molecular weight is 635 g/mol. The molecule has 1 aromatic rings. The van der Waals surface area contributed by atoms with E-state index in [0.29, 0.717) is 24.4 Å². The second-order valence-corrected chi connectivity index (χ2v) is 8.13. The Morgan fingerprint density at radius 3 is 1.51 bits per heavy atom. The van der Waals surface area contributed by atoms with Crippen molar-refractivity contribution in [1.82, 2.24) is 0 Å². The summed E-state index contributed by atoms with van der Waals surface area (Å²) < 4.78 is 22.3. The second-order valence-electron chi connectivity index (χ2n) is 8.13. The lowest BCUT2D eigenvalue weighted by Crippen LogP contribution is -2.09. The van der Waals surface area contributed by atoms with E-state index in [0.717, 1.165) is 12.2 Å². The molecule has 1 aliphatic heterocycles. The van der Waals surface area contributed by atoms with E-state index < -0.39 is 17.9 Å². The van der Waals surface area contributed by atoms with Crippen molar-refractivity contribution in [2.45, 2.75) is 26.9 Å². The van der Waals surface area contributed by atoms with E-state index in [9.17, 15) is 24.0 Å². The number of aliphatic hydroxyl groups excluding tert-OH is 1. The summed E-state index contributed by atoms with van der Waals surface area (Å²) in [6.07, 6.45) is 4.14. The van der Waals surface area contributed by atoms with Crippen LogP contribution in [-0.4, -0.2) is 86.8 Å². The van der Waals surface area contributed by atoms with Gasteiger partial charge in [-0.3, -0.25) is 0 Å². The van der Waals surface area contributed by atoms with Crippen molar-refractivity contribution in [2.75, 3.05) is 40.6 Å². The van der Waals surface area contributed by atoms with Crippen molar-refractivity contribution < 1.29 is 57.9 Å². The highest BCUT2D eigenvalue weighted by Crippen LogP contribution is 2.09. The summed E-state index contributed by atoms with van der Waals surface area (Å²) in [6, 6.07) is 10.0. The van der Waals surface area contributed by atoms with Crippen molar-refractivity contribution in [3.8, 4) is 0 Å². The molecule has 1 unspecified atom stereocenters. The molecular formula is C33H46O12. The normalized spacial score (nSPS) is 10.9. The van der Waals surface area contributed by atoms with E-state index in [-0.39, 0.29) is 36.8 Å². The number of carbonyl (C=O) groups is 5. The van der Waals surface area contributed by atoms with Gasteiger partial charge in [-0.15, -0.1) is 0 Å². The number of methoxy groups -OCH3 is 2. The van der Waals surface area contributed by atoms with Crippen molar-refractivity contribution in [3.05, 3.63) is 104 Å². The number of carboxylic acid groups (broad SMARTS) is 1. The molecule has 1 fully saturated rings. The summed E-state index contributed by atoms with van der Waals surface area (Å²) in [7, 11) is 2.64. The molecule has 0 radical (unpaired) electrons. The quantitative estimate of drug-likeness (QED) is 0.162. The van der Waals surface area contributed by atoms with Crippen molar-refractivity contribution in [1.29, 1.82) is 0 Å². The molecule has 0 bridgehead atoms. The van der Waals surface area contributed by atoms with Crippen LogP contribution in [0.4, 0.5) is 0 Å². The number of aliphatic hydroxyl groups is 1. The van der Waals surface area contributed by atoms with Gasteiger partial charge in [0, 0.05) is 28.9 Å². The van der Waals surface area contributed by atoms with Crippen LogP contribution in [0.15, 0.2) is 98.7 Å². The first-order valence-electron chi connectivity index (χ1n) is 12.9. The monoisotopic (exact) mass is 634 g/mol. The van der Waals surface area contributed by atoms with Crippen LogP contribution >= 0.6 is 0 Å². The van der Waals surface area contributed by atoms with Gasteiger partial charge in [0.15, 0.2) is 0 Å². The fraction of sp³-hybridized carbons (Fsp3) is 0.303. The third kappa shape index (κ3) is 38.9. The first-order valence-corrected chi connectivity index (χ1v) is 12.9. The number of hydrogen-bond acceptors (Lipinski definition) is 11. The number of carbonyl (C=O) groups excluding carboxylic acids is 4. The van der Waals surface area contributed by atoms with Crippen LogP contribution < -0.4 is 0 Å². The van der Waals surface area contributed by atoms with E-state index in [4.69, 9.17) is 19.7 Å². The highest BCUT2D eigenvalue weighted by Gasteiger charge is 2.24. The number of benzene rings is 1. The van der Waals surface area contributed by atoms with Gasteiger partial charge >= 0.3 is 29.8 Å².